The van der Waals surface area contributed by atoms with Gasteiger partial charge in [-0.05, 0) is 32.9 Å². The molecule has 0 bridgehead atoms. The molecule has 2 aliphatic rings. The van der Waals surface area contributed by atoms with Crippen molar-refractivity contribution in [1.82, 2.24) is 14.7 Å². The zero-order valence-corrected chi connectivity index (χ0v) is 15.9. The third kappa shape index (κ3) is 3.65. The summed E-state index contributed by atoms with van der Waals surface area (Å²) < 4.78 is 5.26. The second-order valence-electron chi connectivity index (χ2n) is 7.78. The number of hydrogen-bond donors (Lipinski definition) is 0. The van der Waals surface area contributed by atoms with E-state index in [4.69, 9.17) is 4.74 Å². The largest absolute Gasteiger partial charge is 0.459 e. The standard InChI is InChI=1S/C19H23N3O5/c1-19(2,3)27-15(23)11-21-9-12(20(4)18(21)26)10-22-16(24)13-7-5-6-8-14(13)17(22)25/h5-8,12H,9-11H2,1-4H3/t12-/m1/s1. The zero-order valence-electron chi connectivity index (χ0n) is 15.9. The molecular weight excluding hydrogens is 350 g/mol. The predicted molar refractivity (Wildman–Crippen MR) is 96.2 cm³/mol. The summed E-state index contributed by atoms with van der Waals surface area (Å²) in [4.78, 5) is 53.5. The third-order valence-corrected chi connectivity index (χ3v) is 4.56. The molecule has 0 spiro atoms. The fourth-order valence-corrected chi connectivity index (χ4v) is 3.29. The summed E-state index contributed by atoms with van der Waals surface area (Å²) in [5, 5.41) is 0. The minimum atomic E-state index is -0.634. The lowest BCUT2D eigenvalue weighted by molar-refractivity contribution is -0.155. The molecule has 27 heavy (non-hydrogen) atoms. The van der Waals surface area contributed by atoms with E-state index in [-0.39, 0.29) is 43.5 Å². The number of amides is 4. The molecule has 1 saturated heterocycles. The van der Waals surface area contributed by atoms with Crippen molar-refractivity contribution < 1.29 is 23.9 Å². The highest BCUT2D eigenvalue weighted by Crippen LogP contribution is 2.25. The minimum absolute atomic E-state index is 0.0827. The summed E-state index contributed by atoms with van der Waals surface area (Å²) in [5.74, 6) is -1.21. The molecule has 0 N–H and O–H groups in total. The van der Waals surface area contributed by atoms with Crippen LogP contribution in [-0.4, -0.2) is 76.8 Å². The lowest BCUT2D eigenvalue weighted by Gasteiger charge is -2.22. The first-order chi connectivity index (χ1) is 12.6. The van der Waals surface area contributed by atoms with Crippen molar-refractivity contribution in [2.45, 2.75) is 32.4 Å². The van der Waals surface area contributed by atoms with E-state index in [1.165, 1.54) is 9.80 Å². The van der Waals surface area contributed by atoms with Crippen LogP contribution in [0.5, 0.6) is 0 Å². The SMILES string of the molecule is CN1C(=O)N(CC(=O)OC(C)(C)C)C[C@@H]1CN1C(=O)c2ccccc2C1=O. The van der Waals surface area contributed by atoms with Crippen molar-refractivity contribution in [2.24, 2.45) is 0 Å². The lowest BCUT2D eigenvalue weighted by Crippen LogP contribution is -2.43. The molecule has 0 radical (unpaired) electrons. The maximum absolute atomic E-state index is 12.5. The highest BCUT2D eigenvalue weighted by molar-refractivity contribution is 6.21. The number of imide groups is 1. The van der Waals surface area contributed by atoms with Crippen molar-refractivity contribution in [2.75, 3.05) is 26.7 Å². The maximum atomic E-state index is 12.5. The van der Waals surface area contributed by atoms with E-state index in [1.807, 2.05) is 0 Å². The average Bonchev–Trinajstić information content (AvgIpc) is 2.97. The monoisotopic (exact) mass is 373 g/mol. The van der Waals surface area contributed by atoms with Crippen molar-refractivity contribution in [3.63, 3.8) is 0 Å². The Morgan fingerprint density at radius 3 is 2.19 bits per heavy atom. The Morgan fingerprint density at radius 2 is 1.67 bits per heavy atom. The first-order valence-corrected chi connectivity index (χ1v) is 8.77. The van der Waals surface area contributed by atoms with E-state index < -0.39 is 11.6 Å². The summed E-state index contributed by atoms with van der Waals surface area (Å²) in [6.45, 7) is 5.43. The Kier molecular flexibility index (Phi) is 4.67. The van der Waals surface area contributed by atoms with E-state index in [9.17, 15) is 19.2 Å². The van der Waals surface area contributed by atoms with Crippen molar-refractivity contribution >= 4 is 23.8 Å². The molecule has 8 heteroatoms. The number of rotatable bonds is 4. The van der Waals surface area contributed by atoms with E-state index in [0.29, 0.717) is 11.1 Å². The van der Waals surface area contributed by atoms with Gasteiger partial charge in [-0.2, -0.15) is 0 Å². The fraction of sp³-hybridized carbons (Fsp3) is 0.474. The molecule has 0 unspecified atom stereocenters. The molecule has 8 nitrogen and oxygen atoms in total. The number of ether oxygens (including phenoxy) is 1. The zero-order chi connectivity index (χ0) is 19.9. The Hall–Kier alpha value is -2.90. The van der Waals surface area contributed by atoms with Crippen molar-refractivity contribution in [1.29, 1.82) is 0 Å². The molecule has 1 atom stereocenters. The number of carbonyl (C=O) groups excluding carboxylic acids is 4. The smallest absolute Gasteiger partial charge is 0.326 e. The molecule has 1 aromatic rings. The number of likely N-dealkylation sites (N-methyl/N-ethyl adjacent to an activating group) is 1. The second-order valence-corrected chi connectivity index (χ2v) is 7.78. The Morgan fingerprint density at radius 1 is 1.11 bits per heavy atom. The number of carbonyl (C=O) groups is 4. The van der Waals surface area contributed by atoms with Crippen LogP contribution in [0, 0.1) is 0 Å². The van der Waals surface area contributed by atoms with Crippen LogP contribution in [0.3, 0.4) is 0 Å². The fourth-order valence-electron chi connectivity index (χ4n) is 3.29. The highest BCUT2D eigenvalue weighted by atomic mass is 16.6. The topological polar surface area (TPSA) is 87.2 Å². The summed E-state index contributed by atoms with van der Waals surface area (Å²) in [5.41, 5.74) is 0.117. The van der Waals surface area contributed by atoms with Crippen LogP contribution in [0.25, 0.3) is 0 Å². The molecule has 0 aliphatic carbocycles. The molecule has 1 aromatic carbocycles. The molecule has 144 valence electrons. The number of benzene rings is 1. The number of fused-ring (bicyclic) bond motifs is 1. The first kappa shape index (κ1) is 18.9. The van der Waals surface area contributed by atoms with Crippen molar-refractivity contribution in [3.8, 4) is 0 Å². The Labute approximate surface area is 157 Å². The van der Waals surface area contributed by atoms with Gasteiger partial charge in [-0.25, -0.2) is 4.79 Å². The minimum Gasteiger partial charge on any atom is -0.459 e. The average molecular weight is 373 g/mol. The van der Waals surface area contributed by atoms with Gasteiger partial charge >= 0.3 is 12.0 Å². The normalized spacial score (nSPS) is 19.8. The number of nitrogens with zero attached hydrogens (tertiary/aromatic N) is 3. The third-order valence-electron chi connectivity index (χ3n) is 4.56. The molecule has 0 saturated carbocycles. The highest BCUT2D eigenvalue weighted by Gasteiger charge is 2.42. The van der Waals surface area contributed by atoms with Gasteiger partial charge in [0.25, 0.3) is 11.8 Å². The summed E-state index contributed by atoms with van der Waals surface area (Å²) >= 11 is 0. The van der Waals surface area contributed by atoms with Gasteiger partial charge in [-0.1, -0.05) is 12.1 Å². The first-order valence-electron chi connectivity index (χ1n) is 8.77. The van der Waals surface area contributed by atoms with E-state index in [2.05, 4.69) is 0 Å². The van der Waals surface area contributed by atoms with Crippen LogP contribution in [0.4, 0.5) is 4.79 Å². The van der Waals surface area contributed by atoms with Gasteiger partial charge in [-0.3, -0.25) is 19.3 Å². The second kappa shape index (κ2) is 6.68. The Bertz CT molecular complexity index is 779. The van der Waals surface area contributed by atoms with Gasteiger partial charge in [0.05, 0.1) is 23.7 Å². The van der Waals surface area contributed by atoms with Gasteiger partial charge < -0.3 is 14.5 Å². The summed E-state index contributed by atoms with van der Waals surface area (Å²) in [7, 11) is 1.60. The Balaban J connectivity index is 1.67. The van der Waals surface area contributed by atoms with Crippen LogP contribution in [0.15, 0.2) is 24.3 Å². The molecule has 2 heterocycles. The van der Waals surface area contributed by atoms with Crippen LogP contribution < -0.4 is 0 Å². The summed E-state index contributed by atoms with van der Waals surface area (Å²) in [6.07, 6.45) is 0. The van der Waals surface area contributed by atoms with Gasteiger partial charge in [0.2, 0.25) is 0 Å². The van der Waals surface area contributed by atoms with Crippen LogP contribution in [0.1, 0.15) is 41.5 Å². The van der Waals surface area contributed by atoms with Crippen LogP contribution >= 0.6 is 0 Å². The van der Waals surface area contributed by atoms with E-state index in [1.54, 1.807) is 52.1 Å². The van der Waals surface area contributed by atoms with Gasteiger partial charge in [0.1, 0.15) is 12.1 Å². The molecule has 0 aromatic heterocycles. The molecule has 2 aliphatic heterocycles. The summed E-state index contributed by atoms with van der Waals surface area (Å²) in [6, 6.07) is 5.94. The van der Waals surface area contributed by atoms with Gasteiger partial charge in [-0.15, -0.1) is 0 Å². The van der Waals surface area contributed by atoms with E-state index >= 15 is 0 Å². The van der Waals surface area contributed by atoms with Crippen LogP contribution in [-0.2, 0) is 9.53 Å². The number of hydrogen-bond acceptors (Lipinski definition) is 5. The predicted octanol–water partition coefficient (Wildman–Crippen LogP) is 1.36. The van der Waals surface area contributed by atoms with Crippen LogP contribution in [0.2, 0.25) is 0 Å². The van der Waals surface area contributed by atoms with E-state index in [0.717, 1.165) is 4.90 Å². The number of esters is 1. The molecule has 1 fully saturated rings. The maximum Gasteiger partial charge on any atom is 0.326 e. The molecule has 3 rings (SSSR count). The lowest BCUT2D eigenvalue weighted by atomic mass is 10.1. The molecule has 4 amide bonds. The number of urea groups is 1. The van der Waals surface area contributed by atoms with Gasteiger partial charge in [0.15, 0.2) is 0 Å². The molecular formula is C19H23N3O5. The van der Waals surface area contributed by atoms with Gasteiger partial charge in [0, 0.05) is 13.6 Å². The quantitative estimate of drug-likeness (QED) is 0.587. The van der Waals surface area contributed by atoms with Crippen molar-refractivity contribution in [3.05, 3.63) is 35.4 Å².